The largest absolute Gasteiger partial charge is 0.513 e. The minimum atomic E-state index is -0.879. The molecule has 2 rings (SSSR count). The standard InChI is InChI=1S/C22H27ClO7/c1-3-20(24)27-12-4-5-13-28-22(26)29-17-10-11-19(18(23)14-17)30-21(25)16-8-6-15(2)7-9-16/h3,10-11,14-16H,1,4-9,12-13H2,2H3/t15-,16-. The molecule has 0 saturated heterocycles. The average molecular weight is 439 g/mol. The summed E-state index contributed by atoms with van der Waals surface area (Å²) in [7, 11) is 0. The molecular formula is C22H27ClO7. The first kappa shape index (κ1) is 23.7. The van der Waals surface area contributed by atoms with Crippen LogP contribution in [-0.2, 0) is 19.1 Å². The van der Waals surface area contributed by atoms with E-state index in [1.54, 1.807) is 0 Å². The maximum atomic E-state index is 12.3. The van der Waals surface area contributed by atoms with E-state index >= 15 is 0 Å². The van der Waals surface area contributed by atoms with Gasteiger partial charge in [0.2, 0.25) is 0 Å². The Morgan fingerprint density at radius 2 is 1.73 bits per heavy atom. The van der Waals surface area contributed by atoms with E-state index in [4.69, 9.17) is 30.5 Å². The Balaban J connectivity index is 1.72. The summed E-state index contributed by atoms with van der Waals surface area (Å²) < 4.78 is 20.2. The van der Waals surface area contributed by atoms with Gasteiger partial charge in [-0.2, -0.15) is 0 Å². The summed E-state index contributed by atoms with van der Waals surface area (Å²) in [4.78, 5) is 34.9. The normalized spacial score (nSPS) is 18.2. The van der Waals surface area contributed by atoms with Crippen molar-refractivity contribution in [3.05, 3.63) is 35.9 Å². The van der Waals surface area contributed by atoms with Crippen LogP contribution in [0.1, 0.15) is 45.4 Å². The Hall–Kier alpha value is -2.54. The van der Waals surface area contributed by atoms with Crippen molar-refractivity contribution in [1.82, 2.24) is 0 Å². The molecule has 30 heavy (non-hydrogen) atoms. The minimum absolute atomic E-state index is 0.108. The van der Waals surface area contributed by atoms with E-state index in [1.807, 2.05) is 0 Å². The van der Waals surface area contributed by atoms with Crippen LogP contribution in [0.3, 0.4) is 0 Å². The molecule has 0 atom stereocenters. The third-order valence-corrected chi connectivity index (χ3v) is 5.13. The Kier molecular flexibility index (Phi) is 9.67. The third kappa shape index (κ3) is 8.06. The molecule has 0 radical (unpaired) electrons. The number of rotatable bonds is 9. The van der Waals surface area contributed by atoms with E-state index in [1.165, 1.54) is 18.2 Å². The smallest absolute Gasteiger partial charge is 0.463 e. The van der Waals surface area contributed by atoms with Crippen molar-refractivity contribution in [2.24, 2.45) is 11.8 Å². The van der Waals surface area contributed by atoms with Crippen molar-refractivity contribution in [3.8, 4) is 11.5 Å². The van der Waals surface area contributed by atoms with Gasteiger partial charge in [-0.3, -0.25) is 4.79 Å². The van der Waals surface area contributed by atoms with Gasteiger partial charge in [-0.1, -0.05) is 25.1 Å². The zero-order valence-electron chi connectivity index (χ0n) is 17.1. The lowest BCUT2D eigenvalue weighted by Gasteiger charge is -2.24. The van der Waals surface area contributed by atoms with Crippen LogP contribution < -0.4 is 9.47 Å². The van der Waals surface area contributed by atoms with Gasteiger partial charge in [0.15, 0.2) is 0 Å². The van der Waals surface area contributed by atoms with E-state index in [0.29, 0.717) is 18.8 Å². The number of esters is 2. The van der Waals surface area contributed by atoms with Crippen molar-refractivity contribution in [1.29, 1.82) is 0 Å². The zero-order valence-corrected chi connectivity index (χ0v) is 17.8. The number of carbonyl (C=O) groups excluding carboxylic acids is 3. The van der Waals surface area contributed by atoms with Crippen LogP contribution in [0.4, 0.5) is 4.79 Å². The predicted molar refractivity (Wildman–Crippen MR) is 111 cm³/mol. The second-order valence-corrected chi connectivity index (χ2v) is 7.66. The molecule has 0 bridgehead atoms. The summed E-state index contributed by atoms with van der Waals surface area (Å²) in [5.41, 5.74) is 0. The molecular weight excluding hydrogens is 412 g/mol. The van der Waals surface area contributed by atoms with E-state index < -0.39 is 12.1 Å². The number of carbonyl (C=O) groups is 3. The Morgan fingerprint density at radius 1 is 1.07 bits per heavy atom. The van der Waals surface area contributed by atoms with Crippen LogP contribution in [0.25, 0.3) is 0 Å². The van der Waals surface area contributed by atoms with E-state index in [-0.39, 0.29) is 41.6 Å². The van der Waals surface area contributed by atoms with Crippen LogP contribution in [-0.4, -0.2) is 31.3 Å². The first-order chi connectivity index (χ1) is 14.4. The summed E-state index contributed by atoms with van der Waals surface area (Å²) >= 11 is 6.16. The average Bonchev–Trinajstić information content (AvgIpc) is 2.72. The maximum absolute atomic E-state index is 12.3. The molecule has 1 aliphatic rings. The van der Waals surface area contributed by atoms with Gasteiger partial charge in [0.25, 0.3) is 0 Å². The molecule has 1 aromatic carbocycles. The van der Waals surface area contributed by atoms with Gasteiger partial charge in [-0.05, 0) is 56.6 Å². The second-order valence-electron chi connectivity index (χ2n) is 7.25. The molecule has 7 nitrogen and oxygen atoms in total. The molecule has 8 heteroatoms. The minimum Gasteiger partial charge on any atom is -0.463 e. The predicted octanol–water partition coefficient (Wildman–Crippen LogP) is 5.10. The van der Waals surface area contributed by atoms with Crippen LogP contribution in [0.15, 0.2) is 30.9 Å². The highest BCUT2D eigenvalue weighted by Crippen LogP contribution is 2.33. The summed E-state index contributed by atoms with van der Waals surface area (Å²) in [6.45, 7) is 5.82. The highest BCUT2D eigenvalue weighted by molar-refractivity contribution is 6.32. The van der Waals surface area contributed by atoms with E-state index in [0.717, 1.165) is 31.8 Å². The van der Waals surface area contributed by atoms with Crippen molar-refractivity contribution >= 4 is 29.7 Å². The van der Waals surface area contributed by atoms with Crippen LogP contribution in [0, 0.1) is 11.8 Å². The summed E-state index contributed by atoms with van der Waals surface area (Å²) in [5, 5.41) is 0.168. The van der Waals surface area contributed by atoms with E-state index in [2.05, 4.69) is 13.5 Å². The lowest BCUT2D eigenvalue weighted by molar-refractivity contribution is -0.140. The molecule has 0 aliphatic heterocycles. The molecule has 1 fully saturated rings. The van der Waals surface area contributed by atoms with Crippen LogP contribution >= 0.6 is 11.6 Å². The van der Waals surface area contributed by atoms with E-state index in [9.17, 15) is 14.4 Å². The van der Waals surface area contributed by atoms with Gasteiger partial charge in [0.1, 0.15) is 11.5 Å². The van der Waals surface area contributed by atoms with Crippen LogP contribution in [0.5, 0.6) is 11.5 Å². The fraction of sp³-hybridized carbons (Fsp3) is 0.500. The Morgan fingerprint density at radius 3 is 2.37 bits per heavy atom. The van der Waals surface area contributed by atoms with Gasteiger partial charge >= 0.3 is 18.1 Å². The number of ether oxygens (including phenoxy) is 4. The molecule has 0 N–H and O–H groups in total. The highest BCUT2D eigenvalue weighted by Gasteiger charge is 2.26. The zero-order chi connectivity index (χ0) is 21.9. The number of hydrogen-bond acceptors (Lipinski definition) is 7. The quantitative estimate of drug-likeness (QED) is 0.174. The Bertz CT molecular complexity index is 754. The fourth-order valence-electron chi connectivity index (χ4n) is 3.03. The number of hydrogen-bond donors (Lipinski definition) is 0. The molecule has 164 valence electrons. The van der Waals surface area contributed by atoms with Gasteiger partial charge in [-0.25, -0.2) is 9.59 Å². The highest BCUT2D eigenvalue weighted by atomic mass is 35.5. The Labute approximate surface area is 181 Å². The van der Waals surface area contributed by atoms with Gasteiger partial charge in [-0.15, -0.1) is 0 Å². The number of unbranched alkanes of at least 4 members (excludes halogenated alkanes) is 1. The molecule has 0 heterocycles. The van der Waals surface area contributed by atoms with Crippen molar-refractivity contribution < 1.29 is 33.3 Å². The van der Waals surface area contributed by atoms with Crippen LogP contribution in [0.2, 0.25) is 5.02 Å². The molecule has 1 aromatic rings. The number of benzene rings is 1. The summed E-state index contributed by atoms with van der Waals surface area (Å²) in [6, 6.07) is 4.36. The first-order valence-corrected chi connectivity index (χ1v) is 10.4. The van der Waals surface area contributed by atoms with Crippen molar-refractivity contribution in [3.63, 3.8) is 0 Å². The monoisotopic (exact) mass is 438 g/mol. The summed E-state index contributed by atoms with van der Waals surface area (Å²) in [6.07, 6.45) is 4.93. The van der Waals surface area contributed by atoms with Gasteiger partial charge in [0.05, 0.1) is 24.2 Å². The van der Waals surface area contributed by atoms with Crippen molar-refractivity contribution in [2.75, 3.05) is 13.2 Å². The molecule has 0 aromatic heterocycles. The van der Waals surface area contributed by atoms with Gasteiger partial charge in [0, 0.05) is 12.1 Å². The van der Waals surface area contributed by atoms with Crippen molar-refractivity contribution in [2.45, 2.75) is 45.4 Å². The third-order valence-electron chi connectivity index (χ3n) is 4.83. The molecule has 0 spiro atoms. The first-order valence-electron chi connectivity index (χ1n) is 10.0. The molecule has 0 unspecified atom stereocenters. The topological polar surface area (TPSA) is 88.1 Å². The van der Waals surface area contributed by atoms with Gasteiger partial charge < -0.3 is 18.9 Å². The molecule has 1 saturated carbocycles. The number of halogens is 1. The lowest BCUT2D eigenvalue weighted by Crippen LogP contribution is -2.25. The summed E-state index contributed by atoms with van der Waals surface area (Å²) in [5.74, 6) is 0.170. The SMILES string of the molecule is C=CC(=O)OCCCCOC(=O)Oc1ccc(OC(=O)[C@H]2CC[C@H](C)CC2)c(Cl)c1. The maximum Gasteiger partial charge on any atom is 0.513 e. The fourth-order valence-corrected chi connectivity index (χ4v) is 3.24. The second kappa shape index (κ2) is 12.2. The molecule has 0 amide bonds. The lowest BCUT2D eigenvalue weighted by atomic mass is 9.83. The molecule has 1 aliphatic carbocycles.